The lowest BCUT2D eigenvalue weighted by Gasteiger charge is -2.05. The van der Waals surface area contributed by atoms with Gasteiger partial charge in [-0.05, 0) is 19.9 Å². The number of aryl methyl sites for hydroxylation is 2. The fourth-order valence-electron chi connectivity index (χ4n) is 1.27. The third-order valence-electron chi connectivity index (χ3n) is 1.77. The number of carbonyl (C=O) groups is 2. The van der Waals surface area contributed by atoms with Crippen LogP contribution in [0, 0.1) is 13.8 Å². The van der Waals surface area contributed by atoms with E-state index in [1.54, 1.807) is 6.92 Å². The number of hydrogen-bond acceptors (Lipinski definition) is 3. The average molecular weight is 195 g/mol. The summed E-state index contributed by atoms with van der Waals surface area (Å²) in [5, 5.41) is 17.6. The van der Waals surface area contributed by atoms with Crippen LogP contribution in [-0.4, -0.2) is 27.1 Å². The molecule has 0 unspecified atom stereocenters. The van der Waals surface area contributed by atoms with E-state index in [9.17, 15) is 9.59 Å². The van der Waals surface area contributed by atoms with E-state index in [1.165, 1.54) is 13.0 Å². The van der Waals surface area contributed by atoms with Crippen LogP contribution < -0.4 is 0 Å². The molecule has 0 bridgehead atoms. The summed E-state index contributed by atoms with van der Waals surface area (Å²) >= 11 is 0. The van der Waals surface area contributed by atoms with Crippen LogP contribution in [0.15, 0.2) is 6.07 Å². The molecule has 0 aliphatic rings. The normalized spacial score (nSPS) is 9.86. The maximum Gasteiger partial charge on any atom is 0.338 e. The standard InChI is InChI=1S/C9H9NO4/c1-4-3-6(8(11)12)7(9(13)14)5(2)10-4/h3H,1-2H3,(H,11,12)(H,13,14). The topological polar surface area (TPSA) is 87.5 Å². The van der Waals surface area contributed by atoms with Gasteiger partial charge in [-0.1, -0.05) is 0 Å². The second kappa shape index (κ2) is 3.45. The first-order chi connectivity index (χ1) is 6.43. The number of rotatable bonds is 2. The molecule has 1 aromatic heterocycles. The second-order valence-electron chi connectivity index (χ2n) is 2.88. The molecule has 1 rings (SSSR count). The Kier molecular flexibility index (Phi) is 2.51. The zero-order valence-electron chi connectivity index (χ0n) is 7.74. The van der Waals surface area contributed by atoms with Crippen molar-refractivity contribution >= 4 is 11.9 Å². The molecule has 0 saturated carbocycles. The Bertz CT molecular complexity index is 412. The van der Waals surface area contributed by atoms with E-state index in [0.29, 0.717) is 5.69 Å². The Labute approximate surface area is 80.0 Å². The van der Waals surface area contributed by atoms with E-state index in [4.69, 9.17) is 10.2 Å². The third-order valence-corrected chi connectivity index (χ3v) is 1.77. The molecule has 0 spiro atoms. The lowest BCUT2D eigenvalue weighted by molar-refractivity contribution is 0.0650. The number of hydrogen-bond donors (Lipinski definition) is 2. The van der Waals surface area contributed by atoms with Crippen LogP contribution >= 0.6 is 0 Å². The van der Waals surface area contributed by atoms with Gasteiger partial charge in [0.15, 0.2) is 0 Å². The van der Waals surface area contributed by atoms with Gasteiger partial charge in [0.25, 0.3) is 0 Å². The number of carboxylic acids is 2. The molecular weight excluding hydrogens is 186 g/mol. The first kappa shape index (κ1) is 10.2. The van der Waals surface area contributed by atoms with Crippen LogP contribution in [0.1, 0.15) is 32.1 Å². The van der Waals surface area contributed by atoms with Gasteiger partial charge in [-0.25, -0.2) is 9.59 Å². The third kappa shape index (κ3) is 1.71. The predicted molar refractivity (Wildman–Crippen MR) is 47.6 cm³/mol. The van der Waals surface area contributed by atoms with Crippen LogP contribution in [0.3, 0.4) is 0 Å². The minimum absolute atomic E-state index is 0.218. The largest absolute Gasteiger partial charge is 0.478 e. The average Bonchev–Trinajstić information content (AvgIpc) is 2.01. The van der Waals surface area contributed by atoms with Gasteiger partial charge in [0, 0.05) is 5.69 Å². The molecule has 5 nitrogen and oxygen atoms in total. The van der Waals surface area contributed by atoms with Crippen molar-refractivity contribution in [2.24, 2.45) is 0 Å². The number of aromatic nitrogens is 1. The second-order valence-corrected chi connectivity index (χ2v) is 2.88. The SMILES string of the molecule is Cc1cc(C(=O)O)c(C(=O)O)c(C)n1. The van der Waals surface area contributed by atoms with Gasteiger partial charge >= 0.3 is 11.9 Å². The summed E-state index contributed by atoms with van der Waals surface area (Å²) in [6.45, 7) is 3.09. The van der Waals surface area contributed by atoms with E-state index < -0.39 is 11.9 Å². The molecule has 0 radical (unpaired) electrons. The minimum atomic E-state index is -1.27. The van der Waals surface area contributed by atoms with Crippen LogP contribution in [0.4, 0.5) is 0 Å². The summed E-state index contributed by atoms with van der Waals surface area (Å²) in [4.78, 5) is 25.4. The molecule has 1 aromatic rings. The lowest BCUT2D eigenvalue weighted by Crippen LogP contribution is -2.12. The maximum atomic E-state index is 10.8. The summed E-state index contributed by atoms with van der Waals surface area (Å²) in [7, 11) is 0. The van der Waals surface area contributed by atoms with Gasteiger partial charge in [0.2, 0.25) is 0 Å². The highest BCUT2D eigenvalue weighted by Crippen LogP contribution is 2.14. The molecule has 5 heteroatoms. The number of pyridine rings is 1. The highest BCUT2D eigenvalue weighted by Gasteiger charge is 2.19. The molecule has 2 N–H and O–H groups in total. The van der Waals surface area contributed by atoms with Crippen molar-refractivity contribution in [3.63, 3.8) is 0 Å². The predicted octanol–water partition coefficient (Wildman–Crippen LogP) is 1.09. The van der Waals surface area contributed by atoms with Gasteiger partial charge in [-0.3, -0.25) is 4.98 Å². The molecule has 74 valence electrons. The Morgan fingerprint density at radius 2 is 1.79 bits per heavy atom. The molecule has 0 atom stereocenters. The molecule has 0 aromatic carbocycles. The molecule has 0 aliphatic carbocycles. The summed E-state index contributed by atoms with van der Waals surface area (Å²) in [6, 6.07) is 1.25. The van der Waals surface area contributed by atoms with Crippen LogP contribution in [0.2, 0.25) is 0 Å². The van der Waals surface area contributed by atoms with E-state index in [1.807, 2.05) is 0 Å². The van der Waals surface area contributed by atoms with E-state index in [0.717, 1.165) is 0 Å². The molecule has 1 heterocycles. The van der Waals surface area contributed by atoms with Crippen molar-refractivity contribution in [1.82, 2.24) is 4.98 Å². The Morgan fingerprint density at radius 1 is 1.21 bits per heavy atom. The Hall–Kier alpha value is -1.91. The van der Waals surface area contributed by atoms with Crippen molar-refractivity contribution in [3.05, 3.63) is 28.6 Å². The molecule has 0 fully saturated rings. The van der Waals surface area contributed by atoms with Gasteiger partial charge < -0.3 is 10.2 Å². The van der Waals surface area contributed by atoms with Gasteiger partial charge in [-0.15, -0.1) is 0 Å². The molecule has 0 amide bonds. The zero-order valence-corrected chi connectivity index (χ0v) is 7.74. The Morgan fingerprint density at radius 3 is 2.21 bits per heavy atom. The van der Waals surface area contributed by atoms with Crippen LogP contribution in [0.25, 0.3) is 0 Å². The van der Waals surface area contributed by atoms with Crippen molar-refractivity contribution in [2.45, 2.75) is 13.8 Å². The molecule has 0 saturated heterocycles. The summed E-state index contributed by atoms with van der Waals surface area (Å²) in [5.41, 5.74) is 0.241. The fourth-order valence-corrected chi connectivity index (χ4v) is 1.27. The van der Waals surface area contributed by atoms with Crippen molar-refractivity contribution in [2.75, 3.05) is 0 Å². The lowest BCUT2D eigenvalue weighted by atomic mass is 10.1. The van der Waals surface area contributed by atoms with Gasteiger partial charge in [0.1, 0.15) is 0 Å². The van der Waals surface area contributed by atoms with Crippen LogP contribution in [-0.2, 0) is 0 Å². The zero-order chi connectivity index (χ0) is 10.9. The summed E-state index contributed by atoms with van der Waals surface area (Å²) < 4.78 is 0. The minimum Gasteiger partial charge on any atom is -0.478 e. The maximum absolute atomic E-state index is 10.8. The summed E-state index contributed by atoms with van der Waals surface area (Å²) in [6.07, 6.45) is 0. The van der Waals surface area contributed by atoms with E-state index >= 15 is 0 Å². The van der Waals surface area contributed by atoms with Crippen molar-refractivity contribution in [1.29, 1.82) is 0 Å². The van der Waals surface area contributed by atoms with Gasteiger partial charge in [-0.2, -0.15) is 0 Å². The molecule has 14 heavy (non-hydrogen) atoms. The molecular formula is C9H9NO4. The number of nitrogens with zero attached hydrogens (tertiary/aromatic N) is 1. The number of carboxylic acid groups (broad SMARTS) is 2. The number of aromatic carboxylic acids is 2. The van der Waals surface area contributed by atoms with Gasteiger partial charge in [0.05, 0.1) is 16.8 Å². The van der Waals surface area contributed by atoms with Crippen molar-refractivity contribution in [3.8, 4) is 0 Å². The monoisotopic (exact) mass is 195 g/mol. The van der Waals surface area contributed by atoms with Crippen LogP contribution in [0.5, 0.6) is 0 Å². The van der Waals surface area contributed by atoms with Crippen molar-refractivity contribution < 1.29 is 19.8 Å². The van der Waals surface area contributed by atoms with E-state index in [-0.39, 0.29) is 16.8 Å². The van der Waals surface area contributed by atoms with E-state index in [2.05, 4.69) is 4.98 Å². The highest BCUT2D eigenvalue weighted by molar-refractivity contribution is 6.02. The quantitative estimate of drug-likeness (QED) is 0.737. The first-order valence-corrected chi connectivity index (χ1v) is 3.88. The first-order valence-electron chi connectivity index (χ1n) is 3.88. The smallest absolute Gasteiger partial charge is 0.338 e. The fraction of sp³-hybridized carbons (Fsp3) is 0.222. The molecule has 0 aliphatic heterocycles. The highest BCUT2D eigenvalue weighted by atomic mass is 16.4. The summed E-state index contributed by atoms with van der Waals surface area (Å²) in [5.74, 6) is -2.52. The Balaban J connectivity index is 3.52.